The topological polar surface area (TPSA) is 173 Å². The highest BCUT2D eigenvalue weighted by Crippen LogP contribution is 2.38. The van der Waals surface area contributed by atoms with E-state index in [9.17, 15) is 29.7 Å². The molecule has 6 N–H and O–H groups in total. The van der Waals surface area contributed by atoms with Crippen molar-refractivity contribution >= 4 is 17.9 Å². The molecule has 9 heteroatoms. The van der Waals surface area contributed by atoms with Crippen LogP contribution >= 0.6 is 0 Å². The fraction of sp³-hybridized carbons (Fsp3) is 0.400. The van der Waals surface area contributed by atoms with Crippen LogP contribution in [0.25, 0.3) is 0 Å². The molecule has 0 rings (SSSR count). The Bertz CT molecular complexity index is 473. The van der Waals surface area contributed by atoms with E-state index in [1.807, 2.05) is 0 Å². The number of allylic oxidation sites excluding steroid dienone is 3. The van der Waals surface area contributed by atoms with Gasteiger partial charge in [-0.3, -0.25) is 0 Å². The molecule has 0 saturated carbocycles. The Balaban J connectivity index is 6.17. The summed E-state index contributed by atoms with van der Waals surface area (Å²) in [6.07, 6.45) is 4.75. The largest absolute Gasteiger partial charge is 0.478 e. The molecule has 0 aromatic carbocycles. The molecule has 0 bridgehead atoms. The van der Waals surface area contributed by atoms with Crippen LogP contribution in [-0.2, 0) is 14.4 Å². The van der Waals surface area contributed by atoms with E-state index in [1.54, 1.807) is 0 Å². The number of carboxylic acids is 3. The Morgan fingerprint density at radius 1 is 0.667 bits per heavy atom. The zero-order valence-corrected chi connectivity index (χ0v) is 12.7. The van der Waals surface area contributed by atoms with Crippen LogP contribution < -0.4 is 0 Å². The fourth-order valence-electron chi connectivity index (χ4n) is 1.99. The minimum Gasteiger partial charge on any atom is -0.478 e. The van der Waals surface area contributed by atoms with E-state index in [1.165, 1.54) is 0 Å². The number of aliphatic hydroxyl groups is 3. The van der Waals surface area contributed by atoms with Gasteiger partial charge >= 0.3 is 17.9 Å². The minimum atomic E-state index is -1.58. The van der Waals surface area contributed by atoms with Gasteiger partial charge < -0.3 is 30.6 Å². The SMILES string of the molecule is O=C(O)C=CC(C=CC(=O)O)(C=CC(=O)O)CC(CO)(CO)CO. The first-order valence-electron chi connectivity index (χ1n) is 6.73. The molecule has 0 aromatic heterocycles. The van der Waals surface area contributed by atoms with E-state index >= 15 is 0 Å². The van der Waals surface area contributed by atoms with E-state index < -0.39 is 48.6 Å². The quantitative estimate of drug-likeness (QED) is 0.264. The zero-order valence-electron chi connectivity index (χ0n) is 12.7. The zero-order chi connectivity index (χ0) is 18.8. The molecular weight excluding hydrogens is 324 g/mol. The highest BCUT2D eigenvalue weighted by atomic mass is 16.4. The summed E-state index contributed by atoms with van der Waals surface area (Å²) in [6.45, 7) is -2.07. The van der Waals surface area contributed by atoms with E-state index in [2.05, 4.69) is 0 Å². The first-order valence-corrected chi connectivity index (χ1v) is 6.73. The lowest BCUT2D eigenvalue weighted by Gasteiger charge is -2.36. The molecule has 0 radical (unpaired) electrons. The molecule has 0 aliphatic rings. The molecule has 24 heavy (non-hydrogen) atoms. The molecule has 0 aliphatic carbocycles. The van der Waals surface area contributed by atoms with Gasteiger partial charge in [0, 0.05) is 29.1 Å². The van der Waals surface area contributed by atoms with Gasteiger partial charge in [0.25, 0.3) is 0 Å². The number of hydrogen-bond donors (Lipinski definition) is 6. The summed E-state index contributed by atoms with van der Waals surface area (Å²) in [6, 6.07) is 0. The Labute approximate surface area is 137 Å². The summed E-state index contributed by atoms with van der Waals surface area (Å²) >= 11 is 0. The number of aliphatic carboxylic acids is 3. The molecule has 9 nitrogen and oxygen atoms in total. The molecule has 0 saturated heterocycles. The Morgan fingerprint density at radius 3 is 1.17 bits per heavy atom. The number of hydrogen-bond acceptors (Lipinski definition) is 6. The maximum absolute atomic E-state index is 10.8. The molecule has 0 atom stereocenters. The molecule has 0 aromatic rings. The number of carbonyl (C=O) groups is 3. The predicted octanol–water partition coefficient (Wildman–Crippen LogP) is -0.751. The summed E-state index contributed by atoms with van der Waals surface area (Å²) in [5.74, 6) is -4.10. The third-order valence-corrected chi connectivity index (χ3v) is 3.30. The fourth-order valence-corrected chi connectivity index (χ4v) is 1.99. The van der Waals surface area contributed by atoms with E-state index in [4.69, 9.17) is 15.3 Å². The van der Waals surface area contributed by atoms with Gasteiger partial charge in [-0.15, -0.1) is 0 Å². The van der Waals surface area contributed by atoms with Crippen LogP contribution in [0.15, 0.2) is 36.5 Å². The van der Waals surface area contributed by atoms with Crippen LogP contribution in [0.1, 0.15) is 6.42 Å². The van der Waals surface area contributed by atoms with Gasteiger partial charge in [-0.1, -0.05) is 18.2 Å². The molecule has 0 heterocycles. The summed E-state index contributed by atoms with van der Waals surface area (Å²) in [7, 11) is 0. The summed E-state index contributed by atoms with van der Waals surface area (Å²) in [5, 5.41) is 54.6. The van der Waals surface area contributed by atoms with Gasteiger partial charge in [-0.05, 0) is 6.42 Å². The van der Waals surface area contributed by atoms with Crippen LogP contribution in [0.5, 0.6) is 0 Å². The van der Waals surface area contributed by atoms with Gasteiger partial charge in [-0.2, -0.15) is 0 Å². The lowest BCUT2D eigenvalue weighted by molar-refractivity contribution is -0.132. The van der Waals surface area contributed by atoms with Gasteiger partial charge in [0.1, 0.15) is 0 Å². The Hall–Kier alpha value is -2.49. The second-order valence-corrected chi connectivity index (χ2v) is 5.28. The maximum atomic E-state index is 10.8. The molecular formula is C15H20O9. The van der Waals surface area contributed by atoms with Gasteiger partial charge in [0.2, 0.25) is 0 Å². The first kappa shape index (κ1) is 21.5. The van der Waals surface area contributed by atoms with Crippen LogP contribution in [0.3, 0.4) is 0 Å². The highest BCUT2D eigenvalue weighted by Gasteiger charge is 2.37. The van der Waals surface area contributed by atoms with Crippen LogP contribution in [0.2, 0.25) is 0 Å². The van der Waals surface area contributed by atoms with E-state index in [0.29, 0.717) is 18.2 Å². The second kappa shape index (κ2) is 9.60. The third kappa shape index (κ3) is 7.18. The van der Waals surface area contributed by atoms with Crippen molar-refractivity contribution in [3.63, 3.8) is 0 Å². The first-order chi connectivity index (χ1) is 11.1. The van der Waals surface area contributed by atoms with E-state index in [0.717, 1.165) is 18.2 Å². The van der Waals surface area contributed by atoms with Crippen molar-refractivity contribution < 1.29 is 45.0 Å². The standard InChI is InChI=1S/C15H20O9/c16-8-15(9-17,10-18)7-14(4-1-11(19)20,5-2-12(21)22)6-3-13(23)24/h1-6,16-18H,7-10H2,(H,19,20)(H,21,22)(H,23,24). The van der Waals surface area contributed by atoms with Crippen LogP contribution in [0.4, 0.5) is 0 Å². The van der Waals surface area contributed by atoms with Gasteiger partial charge in [-0.25, -0.2) is 14.4 Å². The average molecular weight is 344 g/mol. The average Bonchev–Trinajstić information content (AvgIpc) is 2.53. The van der Waals surface area contributed by atoms with Crippen molar-refractivity contribution in [2.45, 2.75) is 6.42 Å². The predicted molar refractivity (Wildman–Crippen MR) is 81.1 cm³/mol. The van der Waals surface area contributed by atoms with Crippen molar-refractivity contribution in [1.29, 1.82) is 0 Å². The van der Waals surface area contributed by atoms with Crippen molar-refractivity contribution in [1.82, 2.24) is 0 Å². The maximum Gasteiger partial charge on any atom is 0.328 e. The molecule has 0 spiro atoms. The molecule has 0 amide bonds. The third-order valence-electron chi connectivity index (χ3n) is 3.30. The van der Waals surface area contributed by atoms with Crippen LogP contribution in [0, 0.1) is 10.8 Å². The normalized spacial score (nSPS) is 15.1. The molecule has 0 aliphatic heterocycles. The highest BCUT2D eigenvalue weighted by molar-refractivity contribution is 5.82. The van der Waals surface area contributed by atoms with Crippen molar-refractivity contribution in [2.75, 3.05) is 19.8 Å². The number of carboxylic acid groups (broad SMARTS) is 3. The summed E-state index contributed by atoms with van der Waals surface area (Å²) in [4.78, 5) is 32.3. The molecule has 0 fully saturated rings. The Morgan fingerprint density at radius 2 is 0.958 bits per heavy atom. The Kier molecular flexibility index (Phi) is 8.61. The summed E-state index contributed by atoms with van der Waals surface area (Å²) < 4.78 is 0. The van der Waals surface area contributed by atoms with Crippen LogP contribution in [-0.4, -0.2) is 68.4 Å². The lowest BCUT2D eigenvalue weighted by atomic mass is 9.71. The number of rotatable bonds is 11. The van der Waals surface area contributed by atoms with E-state index in [-0.39, 0.29) is 6.42 Å². The second-order valence-electron chi connectivity index (χ2n) is 5.28. The molecule has 0 unspecified atom stereocenters. The minimum absolute atomic E-state index is 0.333. The number of aliphatic hydroxyl groups excluding tert-OH is 3. The smallest absolute Gasteiger partial charge is 0.328 e. The molecule has 134 valence electrons. The monoisotopic (exact) mass is 344 g/mol. The van der Waals surface area contributed by atoms with Gasteiger partial charge in [0.05, 0.1) is 19.8 Å². The summed E-state index contributed by atoms with van der Waals surface area (Å²) in [5.41, 5.74) is -3.07. The lowest BCUT2D eigenvalue weighted by Crippen LogP contribution is -2.39. The van der Waals surface area contributed by atoms with Gasteiger partial charge in [0.15, 0.2) is 0 Å². The van der Waals surface area contributed by atoms with Crippen molar-refractivity contribution in [3.8, 4) is 0 Å². The van der Waals surface area contributed by atoms with Crippen molar-refractivity contribution in [3.05, 3.63) is 36.5 Å². The van der Waals surface area contributed by atoms with Crippen molar-refractivity contribution in [2.24, 2.45) is 10.8 Å².